The first kappa shape index (κ1) is 14.5. The zero-order chi connectivity index (χ0) is 15.0. The zero-order valence-corrected chi connectivity index (χ0v) is 14.2. The van der Waals surface area contributed by atoms with E-state index in [4.69, 9.17) is 4.74 Å². The minimum Gasteiger partial charge on any atom is -0.477 e. The van der Waals surface area contributed by atoms with Gasteiger partial charge in [-0.3, -0.25) is 4.79 Å². The molecule has 0 saturated carbocycles. The summed E-state index contributed by atoms with van der Waals surface area (Å²) < 4.78 is 7.87. The Morgan fingerprint density at radius 3 is 3.00 bits per heavy atom. The number of amides is 1. The molecule has 1 amide bonds. The number of hydrogen-bond donors (Lipinski definition) is 1. The van der Waals surface area contributed by atoms with Crippen molar-refractivity contribution < 1.29 is 9.53 Å². The van der Waals surface area contributed by atoms with Gasteiger partial charge in [0.1, 0.15) is 9.48 Å². The first-order chi connectivity index (χ1) is 10.1. The van der Waals surface area contributed by atoms with Crippen molar-refractivity contribution in [2.45, 2.75) is 33.4 Å². The van der Waals surface area contributed by atoms with Crippen LogP contribution < -0.4 is 10.1 Å². The standard InChI is InChI=1S/C13H15BrN4O2S/c1-7-8(2)21-9(16-7)6-15-12(19)11-10(14)13-18(17-11)4-3-5-20-13/h3-6H2,1-2H3,(H,15,19). The Hall–Kier alpha value is -1.41. The molecule has 1 aliphatic rings. The van der Waals surface area contributed by atoms with Gasteiger partial charge in [-0.1, -0.05) is 0 Å². The monoisotopic (exact) mass is 370 g/mol. The summed E-state index contributed by atoms with van der Waals surface area (Å²) in [5.74, 6) is 0.408. The van der Waals surface area contributed by atoms with Gasteiger partial charge in [-0.2, -0.15) is 5.10 Å². The van der Waals surface area contributed by atoms with E-state index in [1.807, 2.05) is 13.8 Å². The van der Waals surface area contributed by atoms with Crippen LogP contribution in [0.25, 0.3) is 0 Å². The summed E-state index contributed by atoms with van der Waals surface area (Å²) >= 11 is 4.99. The van der Waals surface area contributed by atoms with Crippen LogP contribution in [0.4, 0.5) is 0 Å². The minimum absolute atomic E-state index is 0.224. The third kappa shape index (κ3) is 2.82. The number of halogens is 1. The quantitative estimate of drug-likeness (QED) is 0.900. The molecule has 0 radical (unpaired) electrons. The van der Waals surface area contributed by atoms with Crippen molar-refractivity contribution >= 4 is 33.2 Å². The Balaban J connectivity index is 1.72. The maximum atomic E-state index is 12.3. The second kappa shape index (κ2) is 5.76. The van der Waals surface area contributed by atoms with Gasteiger partial charge in [0.2, 0.25) is 5.88 Å². The van der Waals surface area contributed by atoms with Crippen molar-refractivity contribution in [2.24, 2.45) is 0 Å². The van der Waals surface area contributed by atoms with E-state index in [0.29, 0.717) is 29.2 Å². The number of nitrogens with zero attached hydrogens (tertiary/aromatic N) is 3. The lowest BCUT2D eigenvalue weighted by molar-refractivity contribution is 0.0944. The highest BCUT2D eigenvalue weighted by Crippen LogP contribution is 2.31. The van der Waals surface area contributed by atoms with E-state index in [1.165, 1.54) is 4.88 Å². The highest BCUT2D eigenvalue weighted by molar-refractivity contribution is 9.10. The lowest BCUT2D eigenvalue weighted by atomic mass is 10.4. The van der Waals surface area contributed by atoms with Gasteiger partial charge < -0.3 is 10.1 Å². The first-order valence-corrected chi connectivity index (χ1v) is 8.27. The maximum Gasteiger partial charge on any atom is 0.273 e. The van der Waals surface area contributed by atoms with Gasteiger partial charge in [0.05, 0.1) is 18.8 Å². The normalized spacial score (nSPS) is 13.7. The molecule has 8 heteroatoms. The van der Waals surface area contributed by atoms with Crippen LogP contribution in [0.15, 0.2) is 4.47 Å². The van der Waals surface area contributed by atoms with E-state index in [9.17, 15) is 4.79 Å². The van der Waals surface area contributed by atoms with E-state index in [1.54, 1.807) is 16.0 Å². The van der Waals surface area contributed by atoms with E-state index >= 15 is 0 Å². The van der Waals surface area contributed by atoms with Crippen LogP contribution in [0.1, 0.15) is 32.5 Å². The summed E-state index contributed by atoms with van der Waals surface area (Å²) in [6.45, 7) is 5.83. The van der Waals surface area contributed by atoms with Gasteiger partial charge in [0, 0.05) is 17.8 Å². The summed E-state index contributed by atoms with van der Waals surface area (Å²) in [4.78, 5) is 17.8. The number of rotatable bonds is 3. The number of carbonyl (C=O) groups excluding carboxylic acids is 1. The second-order valence-electron chi connectivity index (χ2n) is 4.82. The summed E-state index contributed by atoms with van der Waals surface area (Å²) in [5.41, 5.74) is 1.37. The average molecular weight is 371 g/mol. The van der Waals surface area contributed by atoms with Crippen molar-refractivity contribution in [3.63, 3.8) is 0 Å². The van der Waals surface area contributed by atoms with Crippen LogP contribution in [0.3, 0.4) is 0 Å². The molecule has 3 heterocycles. The Bertz CT molecular complexity index is 675. The molecule has 0 bridgehead atoms. The smallest absolute Gasteiger partial charge is 0.273 e. The number of ether oxygens (including phenoxy) is 1. The van der Waals surface area contributed by atoms with Gasteiger partial charge >= 0.3 is 0 Å². The molecule has 0 unspecified atom stereocenters. The molecule has 0 atom stereocenters. The molecule has 2 aromatic heterocycles. The largest absolute Gasteiger partial charge is 0.477 e. The molecule has 0 aromatic carbocycles. The van der Waals surface area contributed by atoms with Crippen LogP contribution in [-0.2, 0) is 13.1 Å². The molecule has 0 spiro atoms. The minimum atomic E-state index is -0.224. The SMILES string of the molecule is Cc1nc(CNC(=O)c2nn3c(c2Br)OCCC3)sc1C. The van der Waals surface area contributed by atoms with Gasteiger partial charge in [0.15, 0.2) is 5.69 Å². The molecule has 1 aliphatic heterocycles. The van der Waals surface area contributed by atoms with Crippen molar-refractivity contribution in [1.82, 2.24) is 20.1 Å². The molecule has 21 heavy (non-hydrogen) atoms. The van der Waals surface area contributed by atoms with Gasteiger partial charge in [-0.05, 0) is 29.8 Å². The van der Waals surface area contributed by atoms with Crippen molar-refractivity contribution in [2.75, 3.05) is 6.61 Å². The van der Waals surface area contributed by atoms with Gasteiger partial charge in [-0.25, -0.2) is 9.67 Å². The van der Waals surface area contributed by atoms with Crippen molar-refractivity contribution in [3.05, 3.63) is 25.7 Å². The van der Waals surface area contributed by atoms with Gasteiger partial charge in [0.25, 0.3) is 5.91 Å². The fraction of sp³-hybridized carbons (Fsp3) is 0.462. The third-order valence-electron chi connectivity index (χ3n) is 3.29. The highest BCUT2D eigenvalue weighted by atomic mass is 79.9. The molecule has 0 saturated heterocycles. The second-order valence-corrected chi connectivity index (χ2v) is 6.91. The fourth-order valence-corrected chi connectivity index (χ4v) is 3.55. The van der Waals surface area contributed by atoms with Crippen LogP contribution in [0, 0.1) is 13.8 Å². The number of thiazole rings is 1. The molecule has 2 aromatic rings. The van der Waals surface area contributed by atoms with E-state index < -0.39 is 0 Å². The predicted molar refractivity (Wildman–Crippen MR) is 82.8 cm³/mol. The summed E-state index contributed by atoms with van der Waals surface area (Å²) in [5, 5.41) is 8.05. The van der Waals surface area contributed by atoms with Crippen molar-refractivity contribution in [3.8, 4) is 5.88 Å². The van der Waals surface area contributed by atoms with Crippen LogP contribution in [-0.4, -0.2) is 27.3 Å². The number of carbonyl (C=O) groups is 1. The molecule has 1 N–H and O–H groups in total. The number of aromatic nitrogens is 3. The Labute approximate surface area is 134 Å². The molecule has 6 nitrogen and oxygen atoms in total. The third-order valence-corrected chi connectivity index (χ3v) is 5.08. The molecule has 0 fully saturated rings. The molecule has 3 rings (SSSR count). The molecular formula is C13H15BrN4O2S. The van der Waals surface area contributed by atoms with Crippen molar-refractivity contribution in [1.29, 1.82) is 0 Å². The fourth-order valence-electron chi connectivity index (χ4n) is 2.10. The Kier molecular flexibility index (Phi) is 3.99. The first-order valence-electron chi connectivity index (χ1n) is 6.66. The Morgan fingerprint density at radius 1 is 1.52 bits per heavy atom. The highest BCUT2D eigenvalue weighted by Gasteiger charge is 2.24. The summed E-state index contributed by atoms with van der Waals surface area (Å²) in [7, 11) is 0. The van der Waals surface area contributed by atoms with Gasteiger partial charge in [-0.15, -0.1) is 11.3 Å². The van der Waals surface area contributed by atoms with Crippen LogP contribution in [0.2, 0.25) is 0 Å². The van der Waals surface area contributed by atoms with E-state index in [0.717, 1.165) is 23.7 Å². The molecule has 112 valence electrons. The number of nitrogens with one attached hydrogen (secondary N) is 1. The summed E-state index contributed by atoms with van der Waals surface area (Å²) in [6, 6.07) is 0. The lowest BCUT2D eigenvalue weighted by Gasteiger charge is -2.14. The van der Waals surface area contributed by atoms with E-state index in [-0.39, 0.29) is 5.91 Å². The maximum absolute atomic E-state index is 12.3. The zero-order valence-electron chi connectivity index (χ0n) is 11.8. The average Bonchev–Trinajstić information content (AvgIpc) is 2.98. The van der Waals surface area contributed by atoms with E-state index in [2.05, 4.69) is 31.3 Å². The topological polar surface area (TPSA) is 69.0 Å². The summed E-state index contributed by atoms with van der Waals surface area (Å²) in [6.07, 6.45) is 0.903. The van der Waals surface area contributed by atoms with Crippen LogP contribution in [0.5, 0.6) is 5.88 Å². The van der Waals surface area contributed by atoms with Crippen LogP contribution >= 0.6 is 27.3 Å². The predicted octanol–water partition coefficient (Wildman–Crippen LogP) is 2.43. The number of fused-ring (bicyclic) bond motifs is 1. The molecule has 0 aliphatic carbocycles. The number of aryl methyl sites for hydroxylation is 3. The lowest BCUT2D eigenvalue weighted by Crippen LogP contribution is -2.23. The molecular weight excluding hydrogens is 356 g/mol. The Morgan fingerprint density at radius 2 is 2.33 bits per heavy atom. The number of hydrogen-bond acceptors (Lipinski definition) is 5.